The second-order valence-corrected chi connectivity index (χ2v) is 8.80. The lowest BCUT2D eigenvalue weighted by Crippen LogP contribution is -2.31. The second-order valence-electron chi connectivity index (χ2n) is 6.74. The van der Waals surface area contributed by atoms with Crippen LogP contribution in [0.3, 0.4) is 0 Å². The van der Waals surface area contributed by atoms with Crippen molar-refractivity contribution in [3.05, 3.63) is 84.2 Å². The van der Waals surface area contributed by atoms with Crippen molar-refractivity contribution in [1.29, 1.82) is 0 Å². The Morgan fingerprint density at radius 3 is 2.58 bits per heavy atom. The van der Waals surface area contributed by atoms with Gasteiger partial charge in [0.1, 0.15) is 17.1 Å². The Labute approximate surface area is 188 Å². The summed E-state index contributed by atoms with van der Waals surface area (Å²) < 4.78 is 19.8. The number of amides is 1. The van der Waals surface area contributed by atoms with Crippen LogP contribution in [0.25, 0.3) is 10.2 Å². The molecule has 0 radical (unpaired) electrons. The van der Waals surface area contributed by atoms with E-state index in [0.29, 0.717) is 18.3 Å². The minimum atomic E-state index is -0.291. The van der Waals surface area contributed by atoms with Gasteiger partial charge in [0.25, 0.3) is 0 Å². The molecule has 0 spiro atoms. The van der Waals surface area contributed by atoms with E-state index < -0.39 is 0 Å². The third-order valence-corrected chi connectivity index (χ3v) is 6.60. The normalized spacial score (nSPS) is 10.9. The number of nitrogens with zero attached hydrogens (tertiary/aromatic N) is 2. The molecule has 0 aliphatic carbocycles. The van der Waals surface area contributed by atoms with Gasteiger partial charge in [0.2, 0.25) is 5.91 Å². The Bertz CT molecular complexity index is 1160. The number of hydrogen-bond acceptors (Lipinski definition) is 5. The number of carbonyl (C=O) groups excluding carboxylic acids is 1. The molecule has 31 heavy (non-hydrogen) atoms. The van der Waals surface area contributed by atoms with Crippen LogP contribution >= 0.6 is 23.1 Å². The van der Waals surface area contributed by atoms with Crippen LogP contribution in [-0.2, 0) is 11.3 Å². The minimum absolute atomic E-state index is 0.0600. The van der Waals surface area contributed by atoms with Crippen molar-refractivity contribution in [2.45, 2.75) is 18.4 Å². The van der Waals surface area contributed by atoms with Crippen LogP contribution in [0.15, 0.2) is 77.7 Å². The predicted molar refractivity (Wildman–Crippen MR) is 126 cm³/mol. The summed E-state index contributed by atoms with van der Waals surface area (Å²) in [5.74, 6) is 0.596. The summed E-state index contributed by atoms with van der Waals surface area (Å²) in [5, 5.41) is 0.635. The summed E-state index contributed by atoms with van der Waals surface area (Å²) in [4.78, 5) is 20.6. The first-order chi connectivity index (χ1) is 15.1. The van der Waals surface area contributed by atoms with E-state index in [2.05, 4.69) is 0 Å². The number of rotatable bonds is 8. The van der Waals surface area contributed by atoms with Crippen molar-refractivity contribution < 1.29 is 13.9 Å². The highest BCUT2D eigenvalue weighted by molar-refractivity contribution is 8.00. The molecule has 0 saturated carbocycles. The van der Waals surface area contributed by atoms with Crippen molar-refractivity contribution in [2.75, 3.05) is 17.3 Å². The van der Waals surface area contributed by atoms with Gasteiger partial charge in [-0.1, -0.05) is 47.7 Å². The molecule has 0 bridgehead atoms. The zero-order valence-electron chi connectivity index (χ0n) is 17.0. The van der Waals surface area contributed by atoms with E-state index in [1.165, 1.54) is 35.2 Å². The van der Waals surface area contributed by atoms with Gasteiger partial charge in [-0.15, -0.1) is 11.8 Å². The van der Waals surface area contributed by atoms with Crippen molar-refractivity contribution in [2.24, 2.45) is 0 Å². The molecule has 0 atom stereocenters. The number of hydrogen-bond donors (Lipinski definition) is 0. The second kappa shape index (κ2) is 9.94. The molecular weight excluding hydrogens is 431 g/mol. The van der Waals surface area contributed by atoms with Crippen molar-refractivity contribution >= 4 is 44.4 Å². The van der Waals surface area contributed by atoms with E-state index in [1.54, 1.807) is 17.0 Å². The van der Waals surface area contributed by atoms with Gasteiger partial charge in [0.15, 0.2) is 5.13 Å². The van der Waals surface area contributed by atoms with Gasteiger partial charge in [0.05, 0.1) is 23.6 Å². The highest BCUT2D eigenvalue weighted by Gasteiger charge is 2.21. The first-order valence-corrected chi connectivity index (χ1v) is 11.7. The molecule has 4 aromatic rings. The summed E-state index contributed by atoms with van der Waals surface area (Å²) in [6.07, 6.45) is 0. The lowest BCUT2D eigenvalue weighted by atomic mass is 10.2. The Hall–Kier alpha value is -2.90. The number of benzene rings is 3. The van der Waals surface area contributed by atoms with E-state index in [9.17, 15) is 9.18 Å². The molecule has 0 fully saturated rings. The van der Waals surface area contributed by atoms with Crippen LogP contribution in [0, 0.1) is 5.82 Å². The molecule has 1 amide bonds. The summed E-state index contributed by atoms with van der Waals surface area (Å²) >= 11 is 2.85. The first-order valence-electron chi connectivity index (χ1n) is 9.89. The van der Waals surface area contributed by atoms with Crippen molar-refractivity contribution in [3.63, 3.8) is 0 Å². The highest BCUT2D eigenvalue weighted by atomic mass is 32.2. The molecule has 1 heterocycles. The molecule has 0 aliphatic heterocycles. The summed E-state index contributed by atoms with van der Waals surface area (Å²) in [6.45, 7) is 2.91. The van der Waals surface area contributed by atoms with E-state index in [1.807, 2.05) is 55.5 Å². The van der Waals surface area contributed by atoms with Gasteiger partial charge in [-0.25, -0.2) is 9.37 Å². The topological polar surface area (TPSA) is 42.4 Å². The summed E-state index contributed by atoms with van der Waals surface area (Å²) in [7, 11) is 0. The van der Waals surface area contributed by atoms with Crippen LogP contribution in [0.5, 0.6) is 5.75 Å². The smallest absolute Gasteiger partial charge is 0.239 e. The molecule has 158 valence electrons. The Morgan fingerprint density at radius 1 is 1.06 bits per heavy atom. The monoisotopic (exact) mass is 452 g/mol. The van der Waals surface area contributed by atoms with Gasteiger partial charge in [-0.2, -0.15) is 0 Å². The molecule has 1 aromatic heterocycles. The van der Waals surface area contributed by atoms with Gasteiger partial charge >= 0.3 is 0 Å². The number of fused-ring (bicyclic) bond motifs is 1. The molecule has 0 N–H and O–H groups in total. The Morgan fingerprint density at radius 2 is 1.84 bits per heavy atom. The SMILES string of the molecule is CCOc1cccc2sc(N(Cc3ccccc3)C(=O)CSc3ccc(F)cc3)nc12. The number of para-hydroxylation sites is 1. The zero-order valence-corrected chi connectivity index (χ0v) is 18.6. The van der Waals surface area contributed by atoms with Crippen LogP contribution in [-0.4, -0.2) is 23.3 Å². The third-order valence-electron chi connectivity index (χ3n) is 4.56. The minimum Gasteiger partial charge on any atom is -0.492 e. The Kier molecular flexibility index (Phi) is 6.84. The van der Waals surface area contributed by atoms with Crippen LogP contribution in [0.1, 0.15) is 12.5 Å². The summed E-state index contributed by atoms with van der Waals surface area (Å²) in [5.41, 5.74) is 1.79. The van der Waals surface area contributed by atoms with Crippen molar-refractivity contribution in [3.8, 4) is 5.75 Å². The number of aromatic nitrogens is 1. The molecule has 0 saturated heterocycles. The number of ether oxygens (including phenoxy) is 1. The molecule has 4 rings (SSSR count). The van der Waals surface area contributed by atoms with Crippen LogP contribution < -0.4 is 9.64 Å². The molecule has 4 nitrogen and oxygen atoms in total. The number of halogens is 1. The molecule has 0 unspecified atom stereocenters. The maximum absolute atomic E-state index is 13.2. The lowest BCUT2D eigenvalue weighted by Gasteiger charge is -2.20. The largest absolute Gasteiger partial charge is 0.492 e. The van der Waals surface area contributed by atoms with Gasteiger partial charge in [-0.05, 0) is 48.9 Å². The van der Waals surface area contributed by atoms with Gasteiger partial charge in [0, 0.05) is 4.90 Å². The fraction of sp³-hybridized carbons (Fsp3) is 0.167. The van der Waals surface area contributed by atoms with E-state index in [-0.39, 0.29) is 17.5 Å². The first kappa shape index (κ1) is 21.3. The van der Waals surface area contributed by atoms with E-state index in [0.717, 1.165) is 26.4 Å². The van der Waals surface area contributed by atoms with Gasteiger partial charge < -0.3 is 4.74 Å². The van der Waals surface area contributed by atoms with Crippen LogP contribution in [0.2, 0.25) is 0 Å². The molecular formula is C24H21FN2O2S2. The maximum Gasteiger partial charge on any atom is 0.239 e. The molecule has 7 heteroatoms. The van der Waals surface area contributed by atoms with Gasteiger partial charge in [-0.3, -0.25) is 9.69 Å². The average Bonchev–Trinajstić information content (AvgIpc) is 3.23. The number of thioether (sulfide) groups is 1. The number of anilines is 1. The van der Waals surface area contributed by atoms with Crippen LogP contribution in [0.4, 0.5) is 9.52 Å². The van der Waals surface area contributed by atoms with E-state index >= 15 is 0 Å². The quantitative estimate of drug-likeness (QED) is 0.300. The number of carbonyl (C=O) groups is 1. The zero-order chi connectivity index (χ0) is 21.6. The fourth-order valence-electron chi connectivity index (χ4n) is 3.08. The average molecular weight is 453 g/mol. The third kappa shape index (κ3) is 5.24. The standard InChI is InChI=1S/C24H21FN2O2S2/c1-2-29-20-9-6-10-21-23(20)26-24(31-21)27(15-17-7-4-3-5-8-17)22(28)16-30-19-13-11-18(25)12-14-19/h3-14H,2,15-16H2,1H3. The van der Waals surface area contributed by atoms with Crippen molar-refractivity contribution in [1.82, 2.24) is 4.98 Å². The molecule has 0 aliphatic rings. The predicted octanol–water partition coefficient (Wildman–Crippen LogP) is 6.16. The lowest BCUT2D eigenvalue weighted by molar-refractivity contribution is -0.116. The summed E-state index contributed by atoms with van der Waals surface area (Å²) in [6, 6.07) is 21.8. The fourth-order valence-corrected chi connectivity index (χ4v) is 4.86. The Balaban J connectivity index is 1.62. The molecule has 3 aromatic carbocycles. The highest BCUT2D eigenvalue weighted by Crippen LogP contribution is 2.35. The van der Waals surface area contributed by atoms with E-state index in [4.69, 9.17) is 9.72 Å². The maximum atomic E-state index is 13.2. The number of thiazole rings is 1.